The molecule has 1 unspecified atom stereocenters. The van der Waals surface area contributed by atoms with Gasteiger partial charge in [-0.05, 0) is 44.4 Å². The number of methoxy groups -OCH3 is 1. The number of hydrogen-bond acceptors (Lipinski definition) is 4. The molecule has 0 aromatic heterocycles. The molecule has 0 saturated heterocycles. The van der Waals surface area contributed by atoms with Crippen LogP contribution in [0.5, 0.6) is 11.5 Å². The van der Waals surface area contributed by atoms with Gasteiger partial charge < -0.3 is 14.6 Å². The fraction of sp³-hybridized carbons (Fsp3) is 0.500. The smallest absolute Gasteiger partial charge is 0.349 e. The Morgan fingerprint density at radius 3 is 2.78 bits per heavy atom. The minimum Gasteiger partial charge on any atom is -0.508 e. The molecule has 2 rings (SSSR count). The highest BCUT2D eigenvalue weighted by atomic mass is 16.6. The molecular weight excluding hydrogens is 232 g/mol. The van der Waals surface area contributed by atoms with Crippen LogP contribution in [0.2, 0.25) is 0 Å². The first-order valence-corrected chi connectivity index (χ1v) is 5.98. The monoisotopic (exact) mass is 250 g/mol. The Morgan fingerprint density at radius 2 is 2.17 bits per heavy atom. The van der Waals surface area contributed by atoms with E-state index < -0.39 is 5.60 Å². The molecule has 0 fully saturated rings. The molecule has 4 heteroatoms. The average molecular weight is 250 g/mol. The van der Waals surface area contributed by atoms with Crippen LogP contribution in [0.4, 0.5) is 0 Å². The molecular formula is C14H18O4. The van der Waals surface area contributed by atoms with Gasteiger partial charge in [0.05, 0.1) is 7.11 Å². The molecule has 0 aliphatic carbocycles. The van der Waals surface area contributed by atoms with Crippen molar-refractivity contribution in [1.82, 2.24) is 0 Å². The Morgan fingerprint density at radius 1 is 1.50 bits per heavy atom. The van der Waals surface area contributed by atoms with E-state index in [0.717, 1.165) is 16.7 Å². The van der Waals surface area contributed by atoms with Crippen molar-refractivity contribution in [1.29, 1.82) is 0 Å². The fourth-order valence-electron chi connectivity index (χ4n) is 2.38. The lowest BCUT2D eigenvalue weighted by Gasteiger charge is -2.34. The number of aryl methyl sites for hydroxylation is 1. The van der Waals surface area contributed by atoms with Crippen molar-refractivity contribution in [2.75, 3.05) is 7.11 Å². The first-order chi connectivity index (χ1) is 8.39. The summed E-state index contributed by atoms with van der Waals surface area (Å²) in [6.45, 7) is 5.46. The second-order valence-corrected chi connectivity index (χ2v) is 4.97. The number of ether oxygens (including phenoxy) is 2. The lowest BCUT2D eigenvalue weighted by molar-refractivity contribution is -0.159. The molecule has 98 valence electrons. The van der Waals surface area contributed by atoms with Gasteiger partial charge >= 0.3 is 5.97 Å². The number of carbonyl (C=O) groups is 1. The summed E-state index contributed by atoms with van der Waals surface area (Å²) in [7, 11) is 1.36. The Labute approximate surface area is 107 Å². The fourth-order valence-corrected chi connectivity index (χ4v) is 2.38. The van der Waals surface area contributed by atoms with Gasteiger partial charge in [0.2, 0.25) is 5.60 Å². The minimum absolute atomic E-state index is 0.275. The summed E-state index contributed by atoms with van der Waals surface area (Å²) in [5, 5.41) is 9.79. The van der Waals surface area contributed by atoms with Gasteiger partial charge in [0.1, 0.15) is 11.5 Å². The van der Waals surface area contributed by atoms with Crippen molar-refractivity contribution in [2.45, 2.75) is 39.2 Å². The lowest BCUT2D eigenvalue weighted by Crippen LogP contribution is -2.45. The number of fused-ring (bicyclic) bond motifs is 1. The van der Waals surface area contributed by atoms with Crippen LogP contribution in [0.25, 0.3) is 0 Å². The van der Waals surface area contributed by atoms with Crippen molar-refractivity contribution < 1.29 is 19.4 Å². The second kappa shape index (κ2) is 4.19. The molecule has 1 aromatic carbocycles. The van der Waals surface area contributed by atoms with Gasteiger partial charge in [-0.3, -0.25) is 0 Å². The highest BCUT2D eigenvalue weighted by Crippen LogP contribution is 2.41. The molecule has 1 heterocycles. The molecule has 0 saturated carbocycles. The van der Waals surface area contributed by atoms with Crippen LogP contribution in [-0.2, 0) is 16.0 Å². The van der Waals surface area contributed by atoms with Crippen LogP contribution in [0.3, 0.4) is 0 Å². The summed E-state index contributed by atoms with van der Waals surface area (Å²) in [5.41, 5.74) is 1.70. The summed E-state index contributed by atoms with van der Waals surface area (Å²) < 4.78 is 10.6. The van der Waals surface area contributed by atoms with Crippen LogP contribution in [0, 0.1) is 13.8 Å². The van der Waals surface area contributed by atoms with E-state index in [1.54, 1.807) is 13.0 Å². The predicted molar refractivity (Wildman–Crippen MR) is 67.0 cm³/mol. The summed E-state index contributed by atoms with van der Waals surface area (Å²) in [6.07, 6.45) is 1.25. The normalized spacial score (nSPS) is 22.0. The number of hydrogen-bond donors (Lipinski definition) is 1. The summed E-state index contributed by atoms with van der Waals surface area (Å²) in [4.78, 5) is 11.8. The summed E-state index contributed by atoms with van der Waals surface area (Å²) >= 11 is 0. The van der Waals surface area contributed by atoms with Crippen LogP contribution in [0.1, 0.15) is 30.0 Å². The van der Waals surface area contributed by atoms with Gasteiger partial charge in [0.25, 0.3) is 0 Å². The zero-order chi connectivity index (χ0) is 13.5. The van der Waals surface area contributed by atoms with Crippen LogP contribution in [-0.4, -0.2) is 23.8 Å². The number of phenols is 1. The Kier molecular flexibility index (Phi) is 2.97. The SMILES string of the molecule is COC(=O)C1(C)CCc2c(C)c(O)cc(C)c2O1. The molecule has 18 heavy (non-hydrogen) atoms. The molecule has 1 aliphatic rings. The first-order valence-electron chi connectivity index (χ1n) is 5.98. The molecule has 1 atom stereocenters. The van der Waals surface area contributed by atoms with Gasteiger partial charge in [-0.1, -0.05) is 0 Å². The van der Waals surface area contributed by atoms with Crippen LogP contribution in [0.15, 0.2) is 6.07 Å². The maximum absolute atomic E-state index is 11.8. The first kappa shape index (κ1) is 12.7. The highest BCUT2D eigenvalue weighted by molar-refractivity contribution is 5.80. The van der Waals surface area contributed by atoms with E-state index in [9.17, 15) is 9.90 Å². The van der Waals surface area contributed by atoms with E-state index in [1.807, 2.05) is 13.8 Å². The zero-order valence-corrected chi connectivity index (χ0v) is 11.2. The molecule has 0 spiro atoms. The van der Waals surface area contributed by atoms with E-state index in [2.05, 4.69) is 0 Å². The minimum atomic E-state index is -0.935. The van der Waals surface area contributed by atoms with Gasteiger partial charge in [-0.15, -0.1) is 0 Å². The maximum Gasteiger partial charge on any atom is 0.349 e. The molecule has 1 N–H and O–H groups in total. The Bertz CT molecular complexity index is 507. The molecule has 1 aliphatic heterocycles. The third kappa shape index (κ3) is 1.82. The molecule has 0 radical (unpaired) electrons. The van der Waals surface area contributed by atoms with E-state index in [-0.39, 0.29) is 11.7 Å². The van der Waals surface area contributed by atoms with Gasteiger partial charge in [0, 0.05) is 12.0 Å². The average Bonchev–Trinajstić information content (AvgIpc) is 2.35. The molecule has 0 amide bonds. The quantitative estimate of drug-likeness (QED) is 0.777. The van der Waals surface area contributed by atoms with E-state index in [1.165, 1.54) is 7.11 Å². The maximum atomic E-state index is 11.8. The van der Waals surface area contributed by atoms with Gasteiger partial charge in [-0.25, -0.2) is 4.79 Å². The Hall–Kier alpha value is -1.71. The van der Waals surface area contributed by atoms with Crippen LogP contribution >= 0.6 is 0 Å². The van der Waals surface area contributed by atoms with E-state index in [4.69, 9.17) is 9.47 Å². The highest BCUT2D eigenvalue weighted by Gasteiger charge is 2.41. The van der Waals surface area contributed by atoms with Crippen molar-refractivity contribution in [3.05, 3.63) is 22.8 Å². The standard InChI is InChI=1S/C14H18O4/c1-8-7-11(15)9(2)10-5-6-14(3,13(16)17-4)18-12(8)10/h7,15H,5-6H2,1-4H3. The number of rotatable bonds is 1. The van der Waals surface area contributed by atoms with Crippen molar-refractivity contribution in [3.63, 3.8) is 0 Å². The number of carbonyl (C=O) groups excluding carboxylic acids is 1. The van der Waals surface area contributed by atoms with E-state index in [0.29, 0.717) is 18.6 Å². The van der Waals surface area contributed by atoms with Crippen molar-refractivity contribution in [3.8, 4) is 11.5 Å². The summed E-state index contributed by atoms with van der Waals surface area (Å²) in [6, 6.07) is 1.66. The predicted octanol–water partition coefficient (Wildman–Crippen LogP) is 2.27. The van der Waals surface area contributed by atoms with Crippen LogP contribution < -0.4 is 4.74 Å². The number of phenolic OH excluding ortho intramolecular Hbond substituents is 1. The molecule has 4 nitrogen and oxygen atoms in total. The Balaban J connectivity index is 2.47. The number of aromatic hydroxyl groups is 1. The van der Waals surface area contributed by atoms with Crippen molar-refractivity contribution >= 4 is 5.97 Å². The third-order valence-corrected chi connectivity index (χ3v) is 3.62. The zero-order valence-electron chi connectivity index (χ0n) is 11.2. The third-order valence-electron chi connectivity index (χ3n) is 3.62. The number of esters is 1. The van der Waals surface area contributed by atoms with E-state index >= 15 is 0 Å². The molecule has 0 bridgehead atoms. The molecule has 1 aromatic rings. The van der Waals surface area contributed by atoms with Crippen molar-refractivity contribution in [2.24, 2.45) is 0 Å². The lowest BCUT2D eigenvalue weighted by atomic mass is 9.89. The van der Waals surface area contributed by atoms with Gasteiger partial charge in [0.15, 0.2) is 0 Å². The number of benzene rings is 1. The van der Waals surface area contributed by atoms with Gasteiger partial charge in [-0.2, -0.15) is 0 Å². The largest absolute Gasteiger partial charge is 0.508 e. The second-order valence-electron chi connectivity index (χ2n) is 4.97. The summed E-state index contributed by atoms with van der Waals surface area (Å²) in [5.74, 6) is 0.610. The topological polar surface area (TPSA) is 55.8 Å².